The standard InChI is InChI=1S/C44H47N11O7/c1-5-54-33(21-29(52-54)24-13-14-24)48-39-37-26-20-32(61-4)27(35-22(2)53-62-23(35)3)19-30(26)47-38(37)50-40(51-39)42(58)46-18-9-7-6-8-17-45-28-12-10-11-25-36(28)44(60)55(43(25)59)31-15-16-34(56)49-41(31)57/h10-12,19-21,24,31,45H,5-9,13-18H2,1-4H3,(H,46,58)(H,49,56,57)(H2,47,48,50,51). The maximum atomic E-state index is 13.7. The molecule has 6 aromatic rings. The van der Waals surface area contributed by atoms with E-state index in [1.807, 2.05) is 37.6 Å². The van der Waals surface area contributed by atoms with Gasteiger partial charge >= 0.3 is 0 Å². The summed E-state index contributed by atoms with van der Waals surface area (Å²) in [6.07, 6.45) is 5.53. The first kappa shape index (κ1) is 40.3. The zero-order chi connectivity index (χ0) is 43.2. The third kappa shape index (κ3) is 7.38. The van der Waals surface area contributed by atoms with Crippen molar-refractivity contribution in [1.29, 1.82) is 0 Å². The number of carbonyl (C=O) groups excluding carboxylic acids is 5. The largest absolute Gasteiger partial charge is 0.496 e. The van der Waals surface area contributed by atoms with Gasteiger partial charge in [-0.15, -0.1) is 0 Å². The molecule has 6 heterocycles. The SMILES string of the molecule is CCn1nc(C2CC2)cc1Nc1nc(C(=O)NCCCCCCNc2cccc3c2C(=O)N(C2CCC(=O)NC2=O)C3=O)nc2[nH]c3cc(-c4c(C)noc4C)c(OC)cc3c12. The second-order valence-corrected chi connectivity index (χ2v) is 16.0. The van der Waals surface area contributed by atoms with Gasteiger partial charge in [-0.2, -0.15) is 5.10 Å². The molecule has 2 aromatic carbocycles. The Bertz CT molecular complexity index is 2780. The number of imide groups is 2. The van der Waals surface area contributed by atoms with Gasteiger partial charge in [0.2, 0.25) is 17.6 Å². The van der Waals surface area contributed by atoms with E-state index < -0.39 is 35.6 Å². The summed E-state index contributed by atoms with van der Waals surface area (Å²) >= 11 is 0. The van der Waals surface area contributed by atoms with Crippen molar-refractivity contribution in [3.8, 4) is 16.9 Å². The molecule has 9 rings (SSSR count). The monoisotopic (exact) mass is 841 g/mol. The molecule has 1 atom stereocenters. The number of H-pyrrole nitrogens is 1. The maximum absolute atomic E-state index is 13.7. The topological polar surface area (TPSA) is 231 Å². The van der Waals surface area contributed by atoms with Crippen LogP contribution in [0, 0.1) is 13.8 Å². The van der Waals surface area contributed by atoms with Gasteiger partial charge < -0.3 is 30.2 Å². The Hall–Kier alpha value is -7.11. The first-order valence-corrected chi connectivity index (χ1v) is 21.1. The number of nitrogens with zero attached hydrogens (tertiary/aromatic N) is 6. The van der Waals surface area contributed by atoms with Crippen LogP contribution in [0.5, 0.6) is 5.75 Å². The molecule has 4 aromatic heterocycles. The number of fused-ring (bicyclic) bond motifs is 4. The molecular weight excluding hydrogens is 795 g/mol. The fourth-order valence-electron chi connectivity index (χ4n) is 8.50. The Balaban J connectivity index is 0.863. The number of nitrogens with one attached hydrogen (secondary N) is 5. The minimum atomic E-state index is -1.02. The third-order valence-electron chi connectivity index (χ3n) is 11.8. The Morgan fingerprint density at radius 2 is 1.76 bits per heavy atom. The van der Waals surface area contributed by atoms with Gasteiger partial charge in [0.05, 0.1) is 40.6 Å². The second-order valence-electron chi connectivity index (χ2n) is 16.0. The fraction of sp³-hybridized carbons (Fsp3) is 0.386. The first-order valence-electron chi connectivity index (χ1n) is 21.1. The molecule has 0 bridgehead atoms. The lowest BCUT2D eigenvalue weighted by atomic mass is 10.0. The van der Waals surface area contributed by atoms with Crippen molar-refractivity contribution >= 4 is 68.8 Å². The van der Waals surface area contributed by atoms with E-state index in [9.17, 15) is 24.0 Å². The van der Waals surface area contributed by atoms with E-state index in [0.29, 0.717) is 66.0 Å². The lowest BCUT2D eigenvalue weighted by Gasteiger charge is -2.27. The van der Waals surface area contributed by atoms with Gasteiger partial charge in [-0.25, -0.2) is 14.6 Å². The highest BCUT2D eigenvalue weighted by atomic mass is 16.5. The smallest absolute Gasteiger partial charge is 0.289 e. The fourth-order valence-corrected chi connectivity index (χ4v) is 8.50. The molecule has 2 aliphatic heterocycles. The average Bonchev–Trinajstić information content (AvgIpc) is 3.70. The minimum absolute atomic E-state index is 0.0123. The van der Waals surface area contributed by atoms with Gasteiger partial charge in [0.15, 0.2) is 0 Å². The van der Waals surface area contributed by atoms with E-state index in [-0.39, 0.29) is 29.8 Å². The minimum Gasteiger partial charge on any atom is -0.496 e. The summed E-state index contributed by atoms with van der Waals surface area (Å²) in [5.41, 5.74) is 5.66. The van der Waals surface area contributed by atoms with Gasteiger partial charge in [0.25, 0.3) is 17.7 Å². The van der Waals surface area contributed by atoms with Crippen LogP contribution in [0.4, 0.5) is 17.3 Å². The lowest BCUT2D eigenvalue weighted by Crippen LogP contribution is -2.54. The van der Waals surface area contributed by atoms with Gasteiger partial charge in [-0.3, -0.25) is 34.2 Å². The summed E-state index contributed by atoms with van der Waals surface area (Å²) in [6, 6.07) is 9.96. The number of ether oxygens (including phenoxy) is 1. The van der Waals surface area contributed by atoms with E-state index in [4.69, 9.17) is 24.3 Å². The number of benzene rings is 2. The maximum Gasteiger partial charge on any atom is 0.289 e. The number of aromatic amines is 1. The van der Waals surface area contributed by atoms with Gasteiger partial charge in [-0.1, -0.05) is 24.1 Å². The number of aromatic nitrogens is 6. The summed E-state index contributed by atoms with van der Waals surface area (Å²) in [5, 5.41) is 22.5. The Labute approximate surface area is 355 Å². The number of hydrogen-bond donors (Lipinski definition) is 5. The molecule has 3 aliphatic rings. The number of unbranched alkanes of at least 4 members (excludes halogenated alkanes) is 3. The molecular formula is C44H47N11O7. The molecule has 0 spiro atoms. The van der Waals surface area contributed by atoms with E-state index >= 15 is 0 Å². The first-order chi connectivity index (χ1) is 30.0. The number of rotatable bonds is 16. The molecule has 18 heteroatoms. The Morgan fingerprint density at radius 3 is 2.48 bits per heavy atom. The number of piperidine rings is 1. The predicted octanol–water partition coefficient (Wildman–Crippen LogP) is 6.03. The molecule has 5 N–H and O–H groups in total. The summed E-state index contributed by atoms with van der Waals surface area (Å²) < 4.78 is 13.3. The molecule has 1 saturated carbocycles. The van der Waals surface area contributed by atoms with Crippen molar-refractivity contribution in [2.24, 2.45) is 0 Å². The predicted molar refractivity (Wildman–Crippen MR) is 228 cm³/mol. The highest BCUT2D eigenvalue weighted by molar-refractivity contribution is 6.25. The van der Waals surface area contributed by atoms with Crippen LogP contribution in [0.25, 0.3) is 33.1 Å². The van der Waals surface area contributed by atoms with Crippen molar-refractivity contribution in [2.45, 2.75) is 90.6 Å². The van der Waals surface area contributed by atoms with E-state index in [1.165, 1.54) is 0 Å². The lowest BCUT2D eigenvalue weighted by molar-refractivity contribution is -0.136. The molecule has 1 unspecified atom stereocenters. The molecule has 62 heavy (non-hydrogen) atoms. The zero-order valence-electron chi connectivity index (χ0n) is 34.9. The van der Waals surface area contributed by atoms with Crippen LogP contribution in [0.1, 0.15) is 113 Å². The quantitative estimate of drug-likeness (QED) is 0.0554. The number of methoxy groups -OCH3 is 1. The number of hydrogen-bond acceptors (Lipinski definition) is 13. The average molecular weight is 842 g/mol. The zero-order valence-corrected chi connectivity index (χ0v) is 34.9. The summed E-state index contributed by atoms with van der Waals surface area (Å²) in [6.45, 7) is 7.38. The van der Waals surface area contributed by atoms with Gasteiger partial charge in [-0.05, 0) is 77.1 Å². The molecule has 2 fully saturated rings. The van der Waals surface area contributed by atoms with Gasteiger partial charge in [0.1, 0.15) is 34.8 Å². The summed E-state index contributed by atoms with van der Waals surface area (Å²) in [7, 11) is 1.62. The molecule has 1 aliphatic carbocycles. The van der Waals surface area contributed by atoms with Crippen molar-refractivity contribution in [1.82, 2.24) is 45.4 Å². The second kappa shape index (κ2) is 16.4. The van der Waals surface area contributed by atoms with Crippen molar-refractivity contribution in [3.63, 3.8) is 0 Å². The van der Waals surface area contributed by atoms with Crippen LogP contribution >= 0.6 is 0 Å². The number of aryl methyl sites for hydroxylation is 3. The number of carbonyl (C=O) groups is 5. The molecule has 5 amide bonds. The third-order valence-corrected chi connectivity index (χ3v) is 11.8. The van der Waals surface area contributed by atoms with Crippen LogP contribution < -0.4 is 26.0 Å². The van der Waals surface area contributed by atoms with Crippen LogP contribution in [0.2, 0.25) is 0 Å². The van der Waals surface area contributed by atoms with Crippen LogP contribution in [0.15, 0.2) is 40.9 Å². The van der Waals surface area contributed by atoms with Crippen molar-refractivity contribution < 1.29 is 33.2 Å². The number of amides is 5. The van der Waals surface area contributed by atoms with E-state index in [1.54, 1.807) is 25.3 Å². The van der Waals surface area contributed by atoms with Crippen LogP contribution in [-0.2, 0) is 16.1 Å². The van der Waals surface area contributed by atoms with E-state index in [2.05, 4.69) is 37.5 Å². The molecule has 320 valence electrons. The molecule has 18 nitrogen and oxygen atoms in total. The van der Waals surface area contributed by atoms with Crippen LogP contribution in [-0.4, -0.2) is 90.6 Å². The summed E-state index contributed by atoms with van der Waals surface area (Å²) in [5.74, 6) is 0.429. The highest BCUT2D eigenvalue weighted by Gasteiger charge is 2.45. The molecule has 0 radical (unpaired) electrons. The van der Waals surface area contributed by atoms with Gasteiger partial charge in [0, 0.05) is 60.2 Å². The van der Waals surface area contributed by atoms with Crippen LogP contribution in [0.3, 0.4) is 0 Å². The Morgan fingerprint density at radius 1 is 0.952 bits per heavy atom. The molecule has 1 saturated heterocycles. The highest BCUT2D eigenvalue weighted by Crippen LogP contribution is 2.43. The normalized spacial score (nSPS) is 16.3. The number of anilines is 3. The Kier molecular flexibility index (Phi) is 10.7. The van der Waals surface area contributed by atoms with Crippen molar-refractivity contribution in [2.75, 3.05) is 30.8 Å². The van der Waals surface area contributed by atoms with E-state index in [0.717, 1.165) is 76.2 Å². The van der Waals surface area contributed by atoms with Crippen molar-refractivity contribution in [3.05, 3.63) is 70.5 Å². The summed E-state index contributed by atoms with van der Waals surface area (Å²) in [4.78, 5) is 78.3.